The summed E-state index contributed by atoms with van der Waals surface area (Å²) in [7, 11) is 0. The van der Waals surface area contributed by atoms with Gasteiger partial charge in [-0.25, -0.2) is 4.98 Å². The second kappa shape index (κ2) is 9.15. The molecule has 33 heavy (non-hydrogen) atoms. The smallest absolute Gasteiger partial charge is 0.267 e. The predicted molar refractivity (Wildman–Crippen MR) is 132 cm³/mol. The lowest BCUT2D eigenvalue weighted by molar-refractivity contribution is 0.103. The van der Waals surface area contributed by atoms with Crippen LogP contribution in [0.3, 0.4) is 0 Å². The minimum Gasteiger partial charge on any atom is -0.355 e. The maximum atomic E-state index is 12.8. The average molecular weight is 459 g/mol. The van der Waals surface area contributed by atoms with Gasteiger partial charge in [0.1, 0.15) is 4.88 Å². The van der Waals surface area contributed by atoms with E-state index >= 15 is 0 Å². The molecule has 1 amide bonds. The van der Waals surface area contributed by atoms with Gasteiger partial charge in [-0.3, -0.25) is 4.79 Å². The van der Waals surface area contributed by atoms with Crippen LogP contribution in [0, 0.1) is 12.8 Å². The van der Waals surface area contributed by atoms with Crippen molar-refractivity contribution >= 4 is 28.7 Å². The molecule has 7 nitrogen and oxygen atoms in total. The lowest BCUT2D eigenvalue weighted by Gasteiger charge is -2.30. The van der Waals surface area contributed by atoms with Crippen LogP contribution in [-0.2, 0) is 0 Å². The van der Waals surface area contributed by atoms with Crippen molar-refractivity contribution in [1.82, 2.24) is 19.7 Å². The topological polar surface area (TPSA) is 75.9 Å². The van der Waals surface area contributed by atoms with Gasteiger partial charge in [-0.05, 0) is 62.1 Å². The number of aromatic nitrogens is 4. The lowest BCUT2D eigenvalue weighted by Crippen LogP contribution is -2.33. The van der Waals surface area contributed by atoms with E-state index in [0.717, 1.165) is 52.6 Å². The maximum Gasteiger partial charge on any atom is 0.267 e. The highest BCUT2D eigenvalue weighted by Crippen LogP contribution is 2.26. The number of hydrogen-bond acceptors (Lipinski definition) is 6. The molecule has 0 unspecified atom stereocenters. The van der Waals surface area contributed by atoms with Crippen molar-refractivity contribution in [3.63, 3.8) is 0 Å². The van der Waals surface area contributed by atoms with Crippen LogP contribution >= 0.6 is 11.3 Å². The summed E-state index contributed by atoms with van der Waals surface area (Å²) in [4.78, 5) is 20.2. The monoisotopic (exact) mass is 458 g/mol. The van der Waals surface area contributed by atoms with E-state index in [4.69, 9.17) is 0 Å². The van der Waals surface area contributed by atoms with Gasteiger partial charge >= 0.3 is 0 Å². The van der Waals surface area contributed by atoms with Crippen LogP contribution in [0.4, 0.5) is 11.5 Å². The van der Waals surface area contributed by atoms with Crippen molar-refractivity contribution in [2.75, 3.05) is 23.3 Å². The van der Waals surface area contributed by atoms with Crippen LogP contribution in [0.2, 0.25) is 0 Å². The minimum atomic E-state index is -0.156. The summed E-state index contributed by atoms with van der Waals surface area (Å²) in [6, 6.07) is 15.6. The number of anilines is 2. The summed E-state index contributed by atoms with van der Waals surface area (Å²) in [5.41, 5.74) is 3.22. The summed E-state index contributed by atoms with van der Waals surface area (Å²) in [6.45, 7) is 6.23. The van der Waals surface area contributed by atoms with Crippen LogP contribution < -0.4 is 10.2 Å². The Morgan fingerprint density at radius 3 is 2.42 bits per heavy atom. The van der Waals surface area contributed by atoms with Crippen molar-refractivity contribution in [2.45, 2.75) is 26.7 Å². The number of rotatable bonds is 5. The molecular weight excluding hydrogens is 432 g/mol. The number of carbonyl (C=O) groups excluding carboxylic acids is 1. The highest BCUT2D eigenvalue weighted by molar-refractivity contribution is 7.16. The first-order valence-electron chi connectivity index (χ1n) is 11.2. The zero-order valence-electron chi connectivity index (χ0n) is 18.7. The molecule has 0 radical (unpaired) electrons. The lowest BCUT2D eigenvalue weighted by atomic mass is 9.99. The molecule has 1 aliphatic heterocycles. The molecule has 4 aromatic rings. The van der Waals surface area contributed by atoms with E-state index in [2.05, 4.69) is 32.3 Å². The summed E-state index contributed by atoms with van der Waals surface area (Å²) < 4.78 is 1.90. The van der Waals surface area contributed by atoms with Crippen LogP contribution in [0.25, 0.3) is 16.4 Å². The van der Waals surface area contributed by atoms with Crippen LogP contribution in [0.15, 0.2) is 60.9 Å². The Balaban J connectivity index is 1.25. The van der Waals surface area contributed by atoms with Gasteiger partial charge < -0.3 is 14.8 Å². The first kappa shape index (κ1) is 21.3. The fraction of sp³-hybridized carbons (Fsp3) is 0.280. The number of piperidine rings is 1. The maximum absolute atomic E-state index is 12.8. The number of hydrogen-bond donors (Lipinski definition) is 1. The molecule has 168 valence electrons. The Hall–Kier alpha value is -3.52. The number of benzene rings is 1. The van der Waals surface area contributed by atoms with Gasteiger partial charge in [0, 0.05) is 36.7 Å². The molecule has 1 fully saturated rings. The highest BCUT2D eigenvalue weighted by Gasteiger charge is 2.18. The van der Waals surface area contributed by atoms with Crippen LogP contribution in [0.5, 0.6) is 0 Å². The zero-order chi connectivity index (χ0) is 22.8. The molecule has 0 atom stereocenters. The zero-order valence-corrected chi connectivity index (χ0v) is 19.5. The number of thiazole rings is 1. The van der Waals surface area contributed by atoms with Gasteiger partial charge in [-0.2, -0.15) is 0 Å². The SMILES string of the molecule is Cc1nc(-n2cccc2)sc1C(=O)Nc1ccc(-c2ccc(N3CCC(C)CC3)nn2)cc1. The Morgan fingerprint density at radius 1 is 1.03 bits per heavy atom. The van der Waals surface area contributed by atoms with Gasteiger partial charge in [0.15, 0.2) is 10.9 Å². The summed E-state index contributed by atoms with van der Waals surface area (Å²) in [6.07, 6.45) is 6.24. The number of nitrogens with one attached hydrogen (secondary N) is 1. The fourth-order valence-electron chi connectivity index (χ4n) is 3.96. The van der Waals surface area contributed by atoms with Gasteiger partial charge in [0.05, 0.1) is 11.4 Å². The quantitative estimate of drug-likeness (QED) is 0.446. The fourth-order valence-corrected chi connectivity index (χ4v) is 4.89. The van der Waals surface area contributed by atoms with E-state index in [-0.39, 0.29) is 5.91 Å². The molecule has 8 heteroatoms. The van der Waals surface area contributed by atoms with Gasteiger partial charge in [0.2, 0.25) is 0 Å². The van der Waals surface area contributed by atoms with E-state index < -0.39 is 0 Å². The van der Waals surface area contributed by atoms with Crippen LogP contribution in [-0.4, -0.2) is 38.7 Å². The molecule has 0 spiro atoms. The van der Waals surface area contributed by atoms with E-state index in [1.807, 2.05) is 72.4 Å². The van der Waals surface area contributed by atoms with Crippen molar-refractivity contribution in [2.24, 2.45) is 5.92 Å². The number of carbonyl (C=O) groups is 1. The predicted octanol–water partition coefficient (Wildman–Crippen LogP) is 5.19. The summed E-state index contributed by atoms with van der Waals surface area (Å²) >= 11 is 1.38. The molecule has 4 heterocycles. The number of aryl methyl sites for hydroxylation is 1. The van der Waals surface area contributed by atoms with E-state index in [0.29, 0.717) is 4.88 Å². The number of nitrogens with zero attached hydrogens (tertiary/aromatic N) is 5. The van der Waals surface area contributed by atoms with Gasteiger partial charge in [-0.15, -0.1) is 10.2 Å². The molecule has 1 N–H and O–H groups in total. The molecule has 1 aliphatic rings. The van der Waals surface area contributed by atoms with Crippen LogP contribution in [0.1, 0.15) is 35.1 Å². The van der Waals surface area contributed by atoms with Crippen molar-refractivity contribution in [3.8, 4) is 16.4 Å². The van der Waals surface area contributed by atoms with Crippen molar-refractivity contribution in [1.29, 1.82) is 0 Å². The third kappa shape index (κ3) is 4.66. The third-order valence-corrected chi connectivity index (χ3v) is 7.18. The van der Waals surface area contributed by atoms with Gasteiger partial charge in [-0.1, -0.05) is 30.4 Å². The Kier molecular flexibility index (Phi) is 5.92. The summed E-state index contributed by atoms with van der Waals surface area (Å²) in [5, 5.41) is 12.6. The Labute approximate surface area is 197 Å². The Morgan fingerprint density at radius 2 is 1.76 bits per heavy atom. The van der Waals surface area contributed by atoms with E-state index in [9.17, 15) is 4.79 Å². The third-order valence-electron chi connectivity index (χ3n) is 6.01. The Bertz CT molecular complexity index is 1220. The van der Waals surface area contributed by atoms with Gasteiger partial charge in [0.25, 0.3) is 5.91 Å². The van der Waals surface area contributed by atoms with E-state index in [1.54, 1.807) is 0 Å². The second-order valence-electron chi connectivity index (χ2n) is 8.48. The van der Waals surface area contributed by atoms with Crippen molar-refractivity contribution in [3.05, 3.63) is 71.5 Å². The minimum absolute atomic E-state index is 0.156. The highest BCUT2D eigenvalue weighted by atomic mass is 32.1. The molecule has 1 saturated heterocycles. The largest absolute Gasteiger partial charge is 0.355 e. The molecule has 5 rings (SSSR count). The molecule has 0 aliphatic carbocycles. The summed E-state index contributed by atoms with van der Waals surface area (Å²) in [5.74, 6) is 1.57. The normalized spacial score (nSPS) is 14.4. The molecule has 3 aromatic heterocycles. The number of amides is 1. The van der Waals surface area contributed by atoms with E-state index in [1.165, 1.54) is 24.2 Å². The molecule has 0 bridgehead atoms. The average Bonchev–Trinajstić information content (AvgIpc) is 3.50. The first-order chi connectivity index (χ1) is 16.1. The standard InChI is InChI=1S/C25H26N6OS/c1-17-11-15-30(16-12-17)22-10-9-21(28-29-22)19-5-7-20(8-6-19)27-24(32)23-18(2)26-25(33-23)31-13-3-4-14-31/h3-10,13-14,17H,11-12,15-16H2,1-2H3,(H,27,32). The molecule has 1 aromatic carbocycles. The molecule has 0 saturated carbocycles. The molecular formula is C25H26N6OS. The second-order valence-corrected chi connectivity index (χ2v) is 9.46. The van der Waals surface area contributed by atoms with Crippen molar-refractivity contribution < 1.29 is 4.79 Å². The first-order valence-corrected chi connectivity index (χ1v) is 12.0.